The van der Waals surface area contributed by atoms with Gasteiger partial charge in [-0.3, -0.25) is 9.89 Å². The van der Waals surface area contributed by atoms with Gasteiger partial charge in [-0.15, -0.1) is 0 Å². The van der Waals surface area contributed by atoms with E-state index in [9.17, 15) is 9.18 Å². The van der Waals surface area contributed by atoms with Crippen molar-refractivity contribution in [1.82, 2.24) is 15.1 Å². The van der Waals surface area contributed by atoms with Crippen molar-refractivity contribution in [2.45, 2.75) is 31.9 Å². The van der Waals surface area contributed by atoms with Gasteiger partial charge in [-0.25, -0.2) is 4.39 Å². The summed E-state index contributed by atoms with van der Waals surface area (Å²) in [6, 6.07) is 0. The predicted octanol–water partition coefficient (Wildman–Crippen LogP) is 1.67. The first kappa shape index (κ1) is 14.5. The number of nitrogens with one attached hydrogen (secondary N) is 1. The molecule has 1 fully saturated rings. The lowest BCUT2D eigenvalue weighted by Gasteiger charge is -2.35. The molecule has 2 rings (SSSR count). The van der Waals surface area contributed by atoms with Gasteiger partial charge in [0.05, 0.1) is 17.6 Å². The number of aliphatic hydroxyl groups is 1. The molecular formula is C12H17BrFN3O2. The summed E-state index contributed by atoms with van der Waals surface area (Å²) in [5, 5.41) is 15.9. The van der Waals surface area contributed by atoms with Gasteiger partial charge < -0.3 is 10.0 Å². The molecule has 1 unspecified atom stereocenters. The molecule has 1 amide bonds. The van der Waals surface area contributed by atoms with E-state index in [-0.39, 0.29) is 24.6 Å². The van der Waals surface area contributed by atoms with Gasteiger partial charge in [0.15, 0.2) is 11.4 Å². The van der Waals surface area contributed by atoms with Crippen molar-refractivity contribution in [1.29, 1.82) is 0 Å². The van der Waals surface area contributed by atoms with E-state index in [4.69, 9.17) is 5.11 Å². The molecule has 19 heavy (non-hydrogen) atoms. The van der Waals surface area contributed by atoms with Crippen LogP contribution in [0.4, 0.5) is 4.39 Å². The van der Waals surface area contributed by atoms with Crippen LogP contribution < -0.4 is 0 Å². The van der Waals surface area contributed by atoms with Crippen LogP contribution in [0.5, 0.6) is 0 Å². The number of aromatic amines is 1. The van der Waals surface area contributed by atoms with Crippen LogP contribution in [0.3, 0.4) is 0 Å². The average Bonchev–Trinajstić information content (AvgIpc) is 2.79. The number of H-pyrrole nitrogens is 1. The molecule has 1 aromatic heterocycles. The number of amides is 1. The van der Waals surface area contributed by atoms with Crippen LogP contribution in [0, 0.1) is 0 Å². The highest BCUT2D eigenvalue weighted by Crippen LogP contribution is 2.27. The molecule has 0 aromatic carbocycles. The highest BCUT2D eigenvalue weighted by atomic mass is 79.9. The number of carbonyl (C=O) groups is 1. The normalized spacial score (nSPS) is 23.7. The van der Waals surface area contributed by atoms with Crippen LogP contribution in [0.25, 0.3) is 0 Å². The maximum absolute atomic E-state index is 14.1. The Morgan fingerprint density at radius 3 is 3.00 bits per heavy atom. The smallest absolute Gasteiger partial charge is 0.275 e. The molecule has 0 bridgehead atoms. The number of hydrogen-bond donors (Lipinski definition) is 2. The Hall–Kier alpha value is -0.950. The zero-order valence-corrected chi connectivity index (χ0v) is 12.3. The summed E-state index contributed by atoms with van der Waals surface area (Å²) in [7, 11) is 0. The van der Waals surface area contributed by atoms with Crippen LogP contribution in [0.2, 0.25) is 0 Å². The first-order chi connectivity index (χ1) is 9.00. The van der Waals surface area contributed by atoms with Gasteiger partial charge in [0.1, 0.15) is 0 Å². The van der Waals surface area contributed by atoms with E-state index < -0.39 is 12.3 Å². The third-order valence-corrected chi connectivity index (χ3v) is 4.28. The van der Waals surface area contributed by atoms with Crippen LogP contribution in [0.15, 0.2) is 4.47 Å². The minimum atomic E-state index is -1.69. The maximum atomic E-state index is 14.1. The summed E-state index contributed by atoms with van der Waals surface area (Å²) in [4.78, 5) is 13.7. The number of halogens is 2. The molecule has 106 valence electrons. The van der Waals surface area contributed by atoms with E-state index >= 15 is 0 Å². The zero-order chi connectivity index (χ0) is 14.0. The van der Waals surface area contributed by atoms with E-state index in [1.807, 2.05) is 6.92 Å². The van der Waals surface area contributed by atoms with E-state index in [0.29, 0.717) is 17.4 Å². The number of piperidine rings is 1. The Morgan fingerprint density at radius 1 is 1.68 bits per heavy atom. The average molecular weight is 334 g/mol. The van der Waals surface area contributed by atoms with Crippen molar-refractivity contribution in [3.05, 3.63) is 15.9 Å². The maximum Gasteiger partial charge on any atom is 0.275 e. The number of hydrogen-bond acceptors (Lipinski definition) is 3. The summed E-state index contributed by atoms with van der Waals surface area (Å²) in [6.07, 6.45) is 1.56. The van der Waals surface area contributed by atoms with Gasteiger partial charge in [0, 0.05) is 12.2 Å². The molecule has 1 aliphatic heterocycles. The third-order valence-electron chi connectivity index (χ3n) is 3.43. The fourth-order valence-corrected chi connectivity index (χ4v) is 2.91. The second-order valence-corrected chi connectivity index (χ2v) is 5.65. The van der Waals surface area contributed by atoms with Crippen molar-refractivity contribution in [2.24, 2.45) is 0 Å². The summed E-state index contributed by atoms with van der Waals surface area (Å²) in [5.74, 6) is -0.307. The Morgan fingerprint density at radius 2 is 2.42 bits per heavy atom. The lowest BCUT2D eigenvalue weighted by molar-refractivity contribution is 0.00147. The van der Waals surface area contributed by atoms with Crippen molar-refractivity contribution in [3.8, 4) is 0 Å². The van der Waals surface area contributed by atoms with Crippen molar-refractivity contribution in [3.63, 3.8) is 0 Å². The van der Waals surface area contributed by atoms with E-state index in [1.54, 1.807) is 0 Å². The highest BCUT2D eigenvalue weighted by molar-refractivity contribution is 9.10. The van der Waals surface area contributed by atoms with E-state index in [0.717, 1.165) is 12.1 Å². The first-order valence-electron chi connectivity index (χ1n) is 6.32. The quantitative estimate of drug-likeness (QED) is 0.884. The molecule has 7 heteroatoms. The molecule has 0 saturated carbocycles. The number of likely N-dealkylation sites (tertiary alicyclic amines) is 1. The second kappa shape index (κ2) is 5.58. The summed E-state index contributed by atoms with van der Waals surface area (Å²) in [5.41, 5.74) is -0.572. The van der Waals surface area contributed by atoms with Gasteiger partial charge in [-0.1, -0.05) is 6.92 Å². The van der Waals surface area contributed by atoms with Crippen molar-refractivity contribution >= 4 is 21.8 Å². The lowest BCUT2D eigenvalue weighted by atomic mass is 9.95. The first-order valence-corrected chi connectivity index (χ1v) is 7.12. The van der Waals surface area contributed by atoms with Gasteiger partial charge in [0.2, 0.25) is 0 Å². The molecule has 1 aromatic rings. The summed E-state index contributed by atoms with van der Waals surface area (Å²) in [6.45, 7) is 1.80. The molecule has 2 N–H and O–H groups in total. The largest absolute Gasteiger partial charge is 0.393 e. The van der Waals surface area contributed by atoms with E-state index in [2.05, 4.69) is 26.1 Å². The Bertz CT molecular complexity index is 480. The monoisotopic (exact) mass is 333 g/mol. The molecule has 1 aliphatic rings. The number of rotatable bonds is 3. The number of carbonyl (C=O) groups excluding carboxylic acids is 1. The van der Waals surface area contributed by atoms with Crippen molar-refractivity contribution in [2.75, 3.05) is 19.7 Å². The van der Waals surface area contributed by atoms with E-state index in [1.165, 1.54) is 4.90 Å². The Labute approximate surface area is 119 Å². The van der Waals surface area contributed by atoms with Crippen LogP contribution in [0.1, 0.15) is 35.9 Å². The number of nitrogens with zero attached hydrogens (tertiary/aromatic N) is 2. The van der Waals surface area contributed by atoms with Gasteiger partial charge in [-0.2, -0.15) is 5.10 Å². The van der Waals surface area contributed by atoms with Gasteiger partial charge in [0.25, 0.3) is 5.91 Å². The predicted molar refractivity (Wildman–Crippen MR) is 71.7 cm³/mol. The fraction of sp³-hybridized carbons (Fsp3) is 0.667. The SMILES string of the molecule is CCc1[nH]nc(C(=O)N2CCCC(F)(CO)C2)c1Br. The molecular weight excluding hydrogens is 317 g/mol. The highest BCUT2D eigenvalue weighted by Gasteiger charge is 2.38. The molecule has 1 atom stereocenters. The number of aryl methyl sites for hydroxylation is 1. The molecule has 1 saturated heterocycles. The van der Waals surface area contributed by atoms with Crippen LogP contribution in [-0.4, -0.2) is 51.5 Å². The Balaban J connectivity index is 2.17. The second-order valence-electron chi connectivity index (χ2n) is 4.86. The molecule has 5 nitrogen and oxygen atoms in total. The topological polar surface area (TPSA) is 69.2 Å². The van der Waals surface area contributed by atoms with Gasteiger partial charge >= 0.3 is 0 Å². The number of aliphatic hydroxyl groups excluding tert-OH is 1. The molecule has 0 aliphatic carbocycles. The number of alkyl halides is 1. The Kier molecular flexibility index (Phi) is 4.25. The lowest BCUT2D eigenvalue weighted by Crippen LogP contribution is -2.49. The van der Waals surface area contributed by atoms with Crippen LogP contribution in [-0.2, 0) is 6.42 Å². The molecule has 2 heterocycles. The number of aromatic nitrogens is 2. The third kappa shape index (κ3) is 2.81. The summed E-state index contributed by atoms with van der Waals surface area (Å²) >= 11 is 3.34. The fourth-order valence-electron chi connectivity index (χ4n) is 2.28. The minimum Gasteiger partial charge on any atom is -0.393 e. The molecule has 0 spiro atoms. The zero-order valence-electron chi connectivity index (χ0n) is 10.7. The standard InChI is InChI=1S/C12H17BrFN3O2/c1-2-8-9(13)10(16-15-8)11(19)17-5-3-4-12(14,6-17)7-18/h18H,2-7H2,1H3,(H,15,16). The van der Waals surface area contributed by atoms with Crippen molar-refractivity contribution < 1.29 is 14.3 Å². The van der Waals surface area contributed by atoms with Crippen LogP contribution >= 0.6 is 15.9 Å². The van der Waals surface area contributed by atoms with Gasteiger partial charge in [-0.05, 0) is 35.2 Å². The minimum absolute atomic E-state index is 0.0803. The molecule has 0 radical (unpaired) electrons. The summed E-state index contributed by atoms with van der Waals surface area (Å²) < 4.78 is 14.8.